The third-order valence-corrected chi connectivity index (χ3v) is 19.1. The smallest absolute Gasteiger partial charge is 0.462 e. The first kappa shape index (κ1) is 88.1. The Balaban J connectivity index is 5.10. The molecule has 3 N–H and O–H groups in total. The first-order valence-corrected chi connectivity index (χ1v) is 40.1. The van der Waals surface area contributed by atoms with E-state index in [4.69, 9.17) is 37.0 Å². The van der Waals surface area contributed by atoms with E-state index in [1.807, 2.05) is 0 Å². The number of carbonyl (C=O) groups is 4. The molecule has 0 spiro atoms. The van der Waals surface area contributed by atoms with E-state index in [0.717, 1.165) is 108 Å². The molecule has 0 aliphatic carbocycles. The molecular formula is C71H138O17P2. The fourth-order valence-electron chi connectivity index (χ4n) is 10.7. The maximum Gasteiger partial charge on any atom is 0.472 e. The summed E-state index contributed by atoms with van der Waals surface area (Å²) in [5.74, 6) is -0.545. The molecule has 0 aromatic rings. The molecule has 0 aliphatic rings. The third-order valence-electron chi connectivity index (χ3n) is 17.2. The zero-order chi connectivity index (χ0) is 66.5. The van der Waals surface area contributed by atoms with Crippen LogP contribution in [0.3, 0.4) is 0 Å². The van der Waals surface area contributed by atoms with Gasteiger partial charge in [-0.05, 0) is 37.5 Å². The van der Waals surface area contributed by atoms with Gasteiger partial charge in [0.15, 0.2) is 12.2 Å². The number of hydrogen-bond donors (Lipinski definition) is 3. The molecule has 90 heavy (non-hydrogen) atoms. The molecule has 0 rings (SSSR count). The van der Waals surface area contributed by atoms with Crippen molar-refractivity contribution >= 4 is 39.5 Å². The predicted molar refractivity (Wildman–Crippen MR) is 363 cm³/mol. The summed E-state index contributed by atoms with van der Waals surface area (Å²) in [5, 5.41) is 10.6. The second kappa shape index (κ2) is 63.1. The second-order valence-electron chi connectivity index (χ2n) is 26.1. The summed E-state index contributed by atoms with van der Waals surface area (Å²) in [4.78, 5) is 72.2. The summed E-state index contributed by atoms with van der Waals surface area (Å²) in [7, 11) is -9.89. The average molecular weight is 1330 g/mol. The van der Waals surface area contributed by atoms with E-state index in [0.29, 0.717) is 25.7 Å². The highest BCUT2D eigenvalue weighted by Gasteiger charge is 2.30. The molecule has 534 valence electrons. The van der Waals surface area contributed by atoms with Crippen molar-refractivity contribution in [3.05, 3.63) is 0 Å². The maximum absolute atomic E-state index is 13.0. The molecule has 0 radical (unpaired) electrons. The highest BCUT2D eigenvalue weighted by molar-refractivity contribution is 7.47. The number of aliphatic hydroxyl groups is 1. The fourth-order valence-corrected chi connectivity index (χ4v) is 12.3. The van der Waals surface area contributed by atoms with Crippen molar-refractivity contribution in [3.8, 4) is 0 Å². The number of hydrogen-bond acceptors (Lipinski definition) is 15. The number of phosphoric ester groups is 2. The summed E-state index contributed by atoms with van der Waals surface area (Å²) in [6.45, 7) is 9.48. The summed E-state index contributed by atoms with van der Waals surface area (Å²) in [5.41, 5.74) is 0. The quantitative estimate of drug-likeness (QED) is 0.0222. The van der Waals surface area contributed by atoms with Crippen molar-refractivity contribution in [3.63, 3.8) is 0 Å². The minimum atomic E-state index is -4.95. The van der Waals surface area contributed by atoms with Crippen LogP contribution in [0.1, 0.15) is 363 Å². The predicted octanol–water partition coefficient (Wildman–Crippen LogP) is 20.4. The standard InChI is InChI=1S/C71H138O17P2/c1-7-11-13-15-16-17-18-25-29-32-35-42-48-54-69(74)82-60-67(87-70(75)55-49-43-36-33-30-27-24-22-20-19-21-23-26-28-31-34-40-45-51-63(5)9-3)62-86-90(79,80)84-58-65(72)57-83-89(77,78)85-61-66(59-81-68(73)53-47-39-14-12-8-2)88-71(76)56-50-44-38-37-41-46-52-64(6)10-4/h63-67,72H,7-62H2,1-6H3,(H,77,78)(H,79,80)/t63?,64?,65-,66+,67+/m0/s1. The van der Waals surface area contributed by atoms with E-state index in [9.17, 15) is 43.2 Å². The molecule has 4 unspecified atom stereocenters. The molecule has 0 aliphatic heterocycles. The van der Waals surface area contributed by atoms with Gasteiger partial charge in [-0.25, -0.2) is 9.13 Å². The van der Waals surface area contributed by atoms with Crippen LogP contribution in [0.5, 0.6) is 0 Å². The van der Waals surface area contributed by atoms with Crippen LogP contribution in [0, 0.1) is 11.8 Å². The van der Waals surface area contributed by atoms with Gasteiger partial charge in [0, 0.05) is 25.7 Å². The van der Waals surface area contributed by atoms with Gasteiger partial charge in [0.2, 0.25) is 0 Å². The van der Waals surface area contributed by atoms with E-state index < -0.39 is 97.5 Å². The fraction of sp³-hybridized carbons (Fsp3) is 0.944. The second-order valence-corrected chi connectivity index (χ2v) is 29.0. The van der Waals surface area contributed by atoms with Gasteiger partial charge in [-0.15, -0.1) is 0 Å². The molecule has 0 amide bonds. The summed E-state index contributed by atoms with van der Waals surface area (Å²) in [6.07, 6.45) is 49.1. The molecule has 0 saturated heterocycles. The molecule has 0 fully saturated rings. The van der Waals surface area contributed by atoms with Crippen LogP contribution in [-0.4, -0.2) is 96.7 Å². The van der Waals surface area contributed by atoms with Gasteiger partial charge in [0.05, 0.1) is 26.4 Å². The lowest BCUT2D eigenvalue weighted by molar-refractivity contribution is -0.161. The lowest BCUT2D eigenvalue weighted by Crippen LogP contribution is -2.30. The van der Waals surface area contributed by atoms with E-state index in [-0.39, 0.29) is 25.7 Å². The molecule has 7 atom stereocenters. The monoisotopic (exact) mass is 1320 g/mol. The van der Waals surface area contributed by atoms with E-state index in [2.05, 4.69) is 41.5 Å². The van der Waals surface area contributed by atoms with E-state index in [1.54, 1.807) is 0 Å². The van der Waals surface area contributed by atoms with Crippen LogP contribution in [0.2, 0.25) is 0 Å². The zero-order valence-corrected chi connectivity index (χ0v) is 60.2. The summed E-state index contributed by atoms with van der Waals surface area (Å²) in [6, 6.07) is 0. The molecule has 0 saturated carbocycles. The maximum atomic E-state index is 13.0. The Morgan fingerprint density at radius 3 is 0.789 bits per heavy atom. The Labute approximate surface area is 549 Å². The van der Waals surface area contributed by atoms with Gasteiger partial charge >= 0.3 is 39.5 Å². The number of carbonyl (C=O) groups excluding carboxylic acids is 4. The number of unbranched alkanes of at least 4 members (excludes halogenated alkanes) is 38. The van der Waals surface area contributed by atoms with E-state index >= 15 is 0 Å². The van der Waals surface area contributed by atoms with Gasteiger partial charge < -0.3 is 33.8 Å². The highest BCUT2D eigenvalue weighted by atomic mass is 31.2. The number of esters is 4. The number of aliphatic hydroxyl groups excluding tert-OH is 1. The van der Waals surface area contributed by atoms with E-state index in [1.165, 1.54) is 173 Å². The Bertz CT molecular complexity index is 1760. The molecule has 19 heteroatoms. The average Bonchev–Trinajstić information content (AvgIpc) is 3.38. The first-order valence-electron chi connectivity index (χ1n) is 37.1. The van der Waals surface area contributed by atoms with Crippen LogP contribution >= 0.6 is 15.6 Å². The van der Waals surface area contributed by atoms with Crippen molar-refractivity contribution in [2.45, 2.75) is 381 Å². The molecule has 0 heterocycles. The Hall–Kier alpha value is -1.94. The Morgan fingerprint density at radius 1 is 0.311 bits per heavy atom. The van der Waals surface area contributed by atoms with Gasteiger partial charge in [0.1, 0.15) is 19.3 Å². The normalized spacial score (nSPS) is 14.7. The third kappa shape index (κ3) is 62.2. The van der Waals surface area contributed by atoms with Crippen molar-refractivity contribution in [2.75, 3.05) is 39.6 Å². The summed E-state index contributed by atoms with van der Waals surface area (Å²) >= 11 is 0. The lowest BCUT2D eigenvalue weighted by atomic mass is 9.99. The SMILES string of the molecule is CCCCCCCCCCCCCCCC(=O)OC[C@H](COP(=O)(O)OC[C@@H](O)COP(=O)(O)OC[C@@H](COC(=O)CCCCCCC)OC(=O)CCCCCCCCC(C)CC)OC(=O)CCCCCCCCCCCCCCCCCCCCC(C)CC. The minimum absolute atomic E-state index is 0.102. The van der Waals surface area contributed by atoms with Crippen molar-refractivity contribution in [1.82, 2.24) is 0 Å². The molecule has 0 aromatic heterocycles. The summed E-state index contributed by atoms with van der Waals surface area (Å²) < 4.78 is 68.0. The highest BCUT2D eigenvalue weighted by Crippen LogP contribution is 2.45. The molecule has 0 aromatic carbocycles. The number of ether oxygens (including phenoxy) is 4. The molecule has 0 bridgehead atoms. The topological polar surface area (TPSA) is 237 Å². The van der Waals surface area contributed by atoms with Crippen LogP contribution in [0.25, 0.3) is 0 Å². The number of rotatable bonds is 70. The Kier molecular flexibility index (Phi) is 61.8. The van der Waals surface area contributed by atoms with Crippen molar-refractivity contribution < 1.29 is 80.2 Å². The van der Waals surface area contributed by atoms with Gasteiger partial charge in [-0.2, -0.15) is 0 Å². The largest absolute Gasteiger partial charge is 0.472 e. The van der Waals surface area contributed by atoms with Crippen LogP contribution in [-0.2, 0) is 65.4 Å². The molecular weight excluding hydrogens is 1190 g/mol. The zero-order valence-electron chi connectivity index (χ0n) is 58.4. The van der Waals surface area contributed by atoms with Gasteiger partial charge in [-0.3, -0.25) is 37.3 Å². The minimum Gasteiger partial charge on any atom is -0.462 e. The van der Waals surface area contributed by atoms with Gasteiger partial charge in [0.25, 0.3) is 0 Å². The van der Waals surface area contributed by atoms with Crippen molar-refractivity contribution in [2.24, 2.45) is 11.8 Å². The molecule has 17 nitrogen and oxygen atoms in total. The van der Waals surface area contributed by atoms with Crippen LogP contribution < -0.4 is 0 Å². The Morgan fingerprint density at radius 2 is 0.533 bits per heavy atom. The van der Waals surface area contributed by atoms with Gasteiger partial charge in [-0.1, -0.05) is 311 Å². The van der Waals surface area contributed by atoms with Crippen LogP contribution in [0.15, 0.2) is 0 Å². The lowest BCUT2D eigenvalue weighted by Gasteiger charge is -2.21. The number of phosphoric acid groups is 2. The first-order chi connectivity index (χ1) is 43.4. The van der Waals surface area contributed by atoms with Crippen molar-refractivity contribution in [1.29, 1.82) is 0 Å². The van der Waals surface area contributed by atoms with Crippen LogP contribution in [0.4, 0.5) is 0 Å².